The van der Waals surface area contributed by atoms with Crippen molar-refractivity contribution in [3.63, 3.8) is 0 Å². The highest BCUT2D eigenvalue weighted by Crippen LogP contribution is 2.27. The lowest BCUT2D eigenvalue weighted by molar-refractivity contribution is -0.108. The maximum absolute atomic E-state index is 11.9. The van der Waals surface area contributed by atoms with Crippen molar-refractivity contribution in [3.05, 3.63) is 48.7 Å². The first kappa shape index (κ1) is 18.8. The van der Waals surface area contributed by atoms with Gasteiger partial charge in [0.15, 0.2) is 5.82 Å². The van der Waals surface area contributed by atoms with E-state index >= 15 is 0 Å². The van der Waals surface area contributed by atoms with Gasteiger partial charge in [0.25, 0.3) is 0 Å². The molecule has 0 bridgehead atoms. The maximum Gasteiger partial charge on any atom is 0.152 e. The number of pyridine rings is 1. The van der Waals surface area contributed by atoms with Crippen molar-refractivity contribution in [3.8, 4) is 0 Å². The van der Waals surface area contributed by atoms with Crippen LogP contribution in [0.25, 0.3) is 10.9 Å². The number of likely N-dealkylation sites (N-methyl/N-ethyl adjacent to an activating group) is 2. The maximum atomic E-state index is 11.9. The van der Waals surface area contributed by atoms with Gasteiger partial charge in [-0.3, -0.25) is 0 Å². The second-order valence-corrected chi connectivity index (χ2v) is 6.80. The van der Waals surface area contributed by atoms with E-state index in [1.54, 1.807) is 6.20 Å². The molecule has 1 atom stereocenters. The molecule has 0 saturated carbocycles. The summed E-state index contributed by atoms with van der Waals surface area (Å²) in [7, 11) is 5.95. The summed E-state index contributed by atoms with van der Waals surface area (Å²) < 4.78 is 0. The van der Waals surface area contributed by atoms with Gasteiger partial charge >= 0.3 is 0 Å². The van der Waals surface area contributed by atoms with Gasteiger partial charge < -0.3 is 24.5 Å². The summed E-state index contributed by atoms with van der Waals surface area (Å²) in [6.45, 7) is 3.52. The van der Waals surface area contributed by atoms with Crippen LogP contribution < -0.4 is 14.7 Å². The van der Waals surface area contributed by atoms with E-state index in [-0.39, 0.29) is 6.04 Å². The van der Waals surface area contributed by atoms with Gasteiger partial charge in [-0.05, 0) is 31.2 Å². The molecule has 0 aliphatic rings. The standard InChI is InChI=1S/C21H27N5O/c1-5-24(2)19-11-8-12-22-21(19)26(4)17(15-27)14-25(3)20-13-16-9-6-7-10-18(16)23-20/h6-13,15,17,23H,5,14H2,1-4H3. The Morgan fingerprint density at radius 3 is 2.59 bits per heavy atom. The predicted octanol–water partition coefficient (Wildman–Crippen LogP) is 3.16. The van der Waals surface area contributed by atoms with E-state index in [4.69, 9.17) is 0 Å². The molecule has 1 N–H and O–H groups in total. The van der Waals surface area contributed by atoms with Crippen molar-refractivity contribution in [2.24, 2.45) is 0 Å². The molecule has 0 radical (unpaired) electrons. The fourth-order valence-electron chi connectivity index (χ4n) is 3.19. The molecule has 0 saturated heterocycles. The van der Waals surface area contributed by atoms with E-state index < -0.39 is 0 Å². The summed E-state index contributed by atoms with van der Waals surface area (Å²) in [5.41, 5.74) is 2.11. The minimum Gasteiger partial charge on any atom is -0.372 e. The summed E-state index contributed by atoms with van der Waals surface area (Å²) in [4.78, 5) is 26.0. The van der Waals surface area contributed by atoms with Crippen LogP contribution in [0.2, 0.25) is 0 Å². The Labute approximate surface area is 160 Å². The third kappa shape index (κ3) is 3.89. The third-order valence-electron chi connectivity index (χ3n) is 5.03. The number of carbonyl (C=O) groups is 1. The number of hydrogen-bond donors (Lipinski definition) is 1. The summed E-state index contributed by atoms with van der Waals surface area (Å²) in [6.07, 6.45) is 2.76. The molecular weight excluding hydrogens is 338 g/mol. The Morgan fingerprint density at radius 2 is 1.89 bits per heavy atom. The molecule has 0 fully saturated rings. The fraction of sp³-hybridized carbons (Fsp3) is 0.333. The Hall–Kier alpha value is -3.02. The van der Waals surface area contributed by atoms with Gasteiger partial charge in [-0.15, -0.1) is 0 Å². The smallest absolute Gasteiger partial charge is 0.152 e. The van der Waals surface area contributed by atoms with Crippen molar-refractivity contribution in [2.45, 2.75) is 13.0 Å². The van der Waals surface area contributed by atoms with Gasteiger partial charge in [0, 0.05) is 51.3 Å². The summed E-state index contributed by atoms with van der Waals surface area (Å²) >= 11 is 0. The first-order valence-corrected chi connectivity index (χ1v) is 9.18. The van der Waals surface area contributed by atoms with E-state index in [9.17, 15) is 4.79 Å². The number of nitrogens with zero attached hydrogens (tertiary/aromatic N) is 4. The highest BCUT2D eigenvalue weighted by atomic mass is 16.1. The topological polar surface area (TPSA) is 55.5 Å². The number of benzene rings is 1. The average Bonchev–Trinajstić information content (AvgIpc) is 3.15. The number of rotatable bonds is 8. The molecule has 0 aliphatic heterocycles. The molecule has 2 heterocycles. The van der Waals surface area contributed by atoms with Crippen molar-refractivity contribution in [1.82, 2.24) is 9.97 Å². The lowest BCUT2D eigenvalue weighted by Crippen LogP contribution is -2.43. The van der Waals surface area contributed by atoms with Crippen molar-refractivity contribution >= 4 is 34.5 Å². The van der Waals surface area contributed by atoms with Gasteiger partial charge in [0.1, 0.15) is 18.1 Å². The quantitative estimate of drug-likeness (QED) is 0.622. The minimum atomic E-state index is -0.319. The zero-order chi connectivity index (χ0) is 19.4. The molecule has 6 nitrogen and oxygen atoms in total. The van der Waals surface area contributed by atoms with Crippen LogP contribution in [0.1, 0.15) is 6.92 Å². The number of nitrogens with one attached hydrogen (secondary N) is 1. The Morgan fingerprint density at radius 1 is 1.11 bits per heavy atom. The highest BCUT2D eigenvalue weighted by Gasteiger charge is 2.21. The van der Waals surface area contributed by atoms with E-state index in [0.717, 1.165) is 41.1 Å². The first-order valence-electron chi connectivity index (χ1n) is 9.18. The molecule has 27 heavy (non-hydrogen) atoms. The summed E-state index contributed by atoms with van der Waals surface area (Å²) in [5, 5.41) is 1.16. The van der Waals surface area contributed by atoms with Crippen LogP contribution in [-0.2, 0) is 4.79 Å². The molecule has 1 unspecified atom stereocenters. The number of para-hydroxylation sites is 1. The highest BCUT2D eigenvalue weighted by molar-refractivity contribution is 5.84. The molecule has 3 aromatic rings. The van der Waals surface area contributed by atoms with Gasteiger partial charge in [-0.1, -0.05) is 18.2 Å². The Bertz CT molecular complexity index is 873. The van der Waals surface area contributed by atoms with Crippen molar-refractivity contribution in [2.75, 3.05) is 48.9 Å². The molecule has 142 valence electrons. The predicted molar refractivity (Wildman–Crippen MR) is 113 cm³/mol. The normalized spacial score (nSPS) is 12.0. The minimum absolute atomic E-state index is 0.319. The molecule has 0 amide bonds. The van der Waals surface area contributed by atoms with Crippen LogP contribution in [0, 0.1) is 0 Å². The van der Waals surface area contributed by atoms with Crippen LogP contribution in [0.3, 0.4) is 0 Å². The summed E-state index contributed by atoms with van der Waals surface area (Å²) in [6, 6.07) is 13.9. The van der Waals surface area contributed by atoms with Gasteiger partial charge in [0.2, 0.25) is 0 Å². The number of aromatic nitrogens is 2. The molecule has 0 spiro atoms. The number of anilines is 3. The number of aldehydes is 1. The zero-order valence-electron chi connectivity index (χ0n) is 16.4. The van der Waals surface area contributed by atoms with Crippen LogP contribution in [-0.4, -0.2) is 56.5 Å². The van der Waals surface area contributed by atoms with Crippen LogP contribution in [0.5, 0.6) is 0 Å². The van der Waals surface area contributed by atoms with Gasteiger partial charge in [0.05, 0.1) is 5.69 Å². The number of fused-ring (bicyclic) bond motifs is 1. The second-order valence-electron chi connectivity index (χ2n) is 6.80. The van der Waals surface area contributed by atoms with E-state index in [2.05, 4.69) is 44.9 Å². The molecule has 6 heteroatoms. The first-order chi connectivity index (χ1) is 13.0. The lowest BCUT2D eigenvalue weighted by Gasteiger charge is -2.32. The van der Waals surface area contributed by atoms with E-state index in [1.807, 2.05) is 50.3 Å². The van der Waals surface area contributed by atoms with Crippen LogP contribution in [0.4, 0.5) is 17.3 Å². The second kappa shape index (κ2) is 8.12. The number of aromatic amines is 1. The van der Waals surface area contributed by atoms with Crippen LogP contribution in [0.15, 0.2) is 48.7 Å². The molecule has 2 aromatic heterocycles. The number of H-pyrrole nitrogens is 1. The van der Waals surface area contributed by atoms with Crippen LogP contribution >= 0.6 is 0 Å². The number of hydrogen-bond acceptors (Lipinski definition) is 5. The van der Waals surface area contributed by atoms with E-state index in [0.29, 0.717) is 6.54 Å². The lowest BCUT2D eigenvalue weighted by atomic mass is 10.2. The monoisotopic (exact) mass is 365 g/mol. The molecule has 0 aliphatic carbocycles. The van der Waals surface area contributed by atoms with Gasteiger partial charge in [-0.25, -0.2) is 4.98 Å². The average molecular weight is 365 g/mol. The van der Waals surface area contributed by atoms with E-state index in [1.165, 1.54) is 0 Å². The SMILES string of the molecule is CCN(C)c1cccnc1N(C)C(C=O)CN(C)c1cc2ccccc2[nH]1. The number of carbonyl (C=O) groups excluding carboxylic acids is 1. The molecule has 3 rings (SSSR count). The summed E-state index contributed by atoms with van der Waals surface area (Å²) in [5.74, 6) is 1.80. The third-order valence-corrected chi connectivity index (χ3v) is 5.03. The zero-order valence-corrected chi connectivity index (χ0v) is 16.4. The van der Waals surface area contributed by atoms with Crippen molar-refractivity contribution in [1.29, 1.82) is 0 Å². The largest absolute Gasteiger partial charge is 0.372 e. The van der Waals surface area contributed by atoms with Crippen molar-refractivity contribution < 1.29 is 4.79 Å². The molecule has 1 aromatic carbocycles. The van der Waals surface area contributed by atoms with Gasteiger partial charge in [-0.2, -0.15) is 0 Å². The fourth-order valence-corrected chi connectivity index (χ4v) is 3.19. The molecular formula is C21H27N5O. The Balaban J connectivity index is 1.81. The Kier molecular flexibility index (Phi) is 5.64.